The Hall–Kier alpha value is -7.43. The minimum atomic E-state index is -1.85. The zero-order valence-corrected chi connectivity index (χ0v) is 62.2. The maximum atomic E-state index is 15.3. The number of hydrogen-bond acceptors (Lipinski definition) is 17. The van der Waals surface area contributed by atoms with E-state index in [0.717, 1.165) is 31.4 Å². The highest BCUT2D eigenvalue weighted by atomic mass is 16.6. The summed E-state index contributed by atoms with van der Waals surface area (Å²) < 4.78 is 16.9. The summed E-state index contributed by atoms with van der Waals surface area (Å²) in [4.78, 5) is 198. The van der Waals surface area contributed by atoms with Crippen LogP contribution in [-0.2, 0) is 71.7 Å². The molecule has 97 heavy (non-hydrogen) atoms. The molecule has 0 aromatic rings. The molecule has 552 valence electrons. The lowest BCUT2D eigenvalue weighted by Crippen LogP contribution is -2.65. The zero-order chi connectivity index (χ0) is 74.5. The summed E-state index contributed by atoms with van der Waals surface area (Å²) >= 11 is 0. The highest BCUT2D eigenvalue weighted by Gasteiger charge is 2.47. The number of likely N-dealkylation sites (N-methyl/N-ethyl adjacent to an activating group) is 6. The third-order valence-corrected chi connectivity index (χ3v) is 17.8. The van der Waals surface area contributed by atoms with Crippen LogP contribution in [0.5, 0.6) is 0 Å². The highest BCUT2D eigenvalue weighted by Crippen LogP contribution is 2.25. The number of carbonyl (C=O) groups is 13. The largest absolute Gasteiger partial charge is 0.460 e. The molecule has 29 nitrogen and oxygen atoms in total. The normalized spacial score (nSPS) is 27.1. The minimum absolute atomic E-state index is 0.0140. The number of nitrogens with zero attached hydrogens (tertiary/aromatic N) is 7. The Morgan fingerprint density at radius 3 is 1.40 bits per heavy atom. The van der Waals surface area contributed by atoms with Gasteiger partial charge in [-0.15, -0.1) is 0 Å². The summed E-state index contributed by atoms with van der Waals surface area (Å²) in [6.07, 6.45) is -1.61. The van der Waals surface area contributed by atoms with Crippen molar-refractivity contribution >= 4 is 77.0 Å². The molecule has 2 rings (SSSR count). The fourth-order valence-corrected chi connectivity index (χ4v) is 12.0. The van der Waals surface area contributed by atoms with Crippen molar-refractivity contribution in [2.75, 3.05) is 68.6 Å². The van der Waals surface area contributed by atoms with Crippen LogP contribution < -0.4 is 26.6 Å². The molecule has 0 bridgehead atoms. The van der Waals surface area contributed by atoms with Crippen molar-refractivity contribution in [2.45, 2.75) is 242 Å². The number of rotatable bonds is 17. The number of hydrogen-bond donors (Lipinski definition) is 6. The van der Waals surface area contributed by atoms with E-state index in [1.807, 2.05) is 41.5 Å². The number of ether oxygens (including phenoxy) is 3. The quantitative estimate of drug-likeness (QED) is 0.0896. The number of esters is 1. The van der Waals surface area contributed by atoms with Gasteiger partial charge in [-0.05, 0) is 109 Å². The van der Waals surface area contributed by atoms with Crippen LogP contribution in [0.25, 0.3) is 0 Å². The van der Waals surface area contributed by atoms with Crippen molar-refractivity contribution in [1.29, 1.82) is 0 Å². The van der Waals surface area contributed by atoms with Crippen LogP contribution >= 0.6 is 0 Å². The van der Waals surface area contributed by atoms with E-state index in [1.165, 1.54) is 86.7 Å². The zero-order valence-electron chi connectivity index (χ0n) is 62.2. The lowest BCUT2D eigenvalue weighted by Gasteiger charge is -2.40. The van der Waals surface area contributed by atoms with Gasteiger partial charge in [0.15, 0.2) is 0 Å². The molecule has 2 aliphatic heterocycles. The lowest BCUT2D eigenvalue weighted by molar-refractivity contribution is -0.158. The maximum Gasteiger partial charge on any atom is 0.410 e. The SMILES string of the molecule is C/C=C/C[C@@H](C)[C@@H](O)[C@H]1C(=O)N[C@@H]([C@@H](C)OC(C)=O)C(=O)N(C)[C@H](C)C(=O)N(C)[C@@H](C(C)OC(=O)N2CCOCC2)C(=O)N[C@@H](CC(C)C)C(=O)N(C)[C@@H](CC(C)C)C(=O)N[C@@H](C)C(=O)N[C@H](C)C(=O)N(C)[C@@H](CC(C)C)C(=O)N[C@@H](CC(C)C)C(=O)N(C)[C@H](C(C)C)C(=O)N1C. The molecule has 2 saturated heterocycles. The summed E-state index contributed by atoms with van der Waals surface area (Å²) in [6, 6.07) is -16.1. The standard InChI is InChI=1S/C68H118N12O17/c1-25-26-27-41(12)56(82)55-61(87)73-52(45(16)96-47(18)81)66(92)74(19)44(15)63(89)78(23)54(46(17)97-68(94)80-28-30-95-31-29-80)60(86)72-48(32-36(2)3)64(90)76(21)50(34-38(6)7)58(84)69-42(13)57(83)70-43(14)62(88)75(20)51(35-39(8)9)59(85)71-49(33-37(4)5)65(91)77(22)53(40(10)11)67(93)79(55)24/h25-26,36-46,48-56,82H,27-35H2,1-24H3,(H,69,84)(H,70,83)(H,71,85)(H,72,86)(H,73,87)/b26-25+/t41-,42+,43-,44-,45-,46?,48+,49+,50+,51+,52+,53-,54+,55+,56-/m1/s1. The molecule has 12 amide bonds. The minimum Gasteiger partial charge on any atom is -0.460 e. The molecular weight excluding hydrogens is 1260 g/mol. The van der Waals surface area contributed by atoms with Crippen molar-refractivity contribution < 1.29 is 81.6 Å². The van der Waals surface area contributed by atoms with Crippen LogP contribution in [0.1, 0.15) is 157 Å². The van der Waals surface area contributed by atoms with Crippen molar-refractivity contribution in [1.82, 2.24) is 60.9 Å². The maximum absolute atomic E-state index is 15.3. The molecule has 2 fully saturated rings. The van der Waals surface area contributed by atoms with Crippen molar-refractivity contribution in [3.05, 3.63) is 12.2 Å². The van der Waals surface area contributed by atoms with Gasteiger partial charge in [0.2, 0.25) is 65.0 Å². The fraction of sp³-hybridized carbons (Fsp3) is 0.779. The van der Waals surface area contributed by atoms with E-state index in [4.69, 9.17) is 14.2 Å². The second-order valence-corrected chi connectivity index (χ2v) is 28.3. The van der Waals surface area contributed by atoms with Gasteiger partial charge in [-0.25, -0.2) is 4.79 Å². The topological polar surface area (TPSA) is 353 Å². The molecule has 0 aromatic heterocycles. The molecule has 29 heteroatoms. The third kappa shape index (κ3) is 24.5. The van der Waals surface area contributed by atoms with Gasteiger partial charge in [0, 0.05) is 62.3 Å². The Bertz CT molecular complexity index is 2760. The van der Waals surface area contributed by atoms with E-state index in [0.29, 0.717) is 0 Å². The van der Waals surface area contributed by atoms with Crippen LogP contribution in [0.3, 0.4) is 0 Å². The van der Waals surface area contributed by atoms with Crippen molar-refractivity contribution in [3.63, 3.8) is 0 Å². The first-order chi connectivity index (χ1) is 44.9. The van der Waals surface area contributed by atoms with Crippen LogP contribution in [0.2, 0.25) is 0 Å². The first-order valence-electron chi connectivity index (χ1n) is 34.1. The van der Waals surface area contributed by atoms with E-state index in [9.17, 15) is 38.7 Å². The number of allylic oxidation sites excluding steroid dienone is 2. The Morgan fingerprint density at radius 2 is 0.928 bits per heavy atom. The summed E-state index contributed by atoms with van der Waals surface area (Å²) in [5.41, 5.74) is 0. The average molecular weight is 1380 g/mol. The molecule has 2 heterocycles. The van der Waals surface area contributed by atoms with Gasteiger partial charge in [-0.3, -0.25) is 57.5 Å². The fourth-order valence-electron chi connectivity index (χ4n) is 12.0. The number of aliphatic hydroxyl groups is 1. The van der Waals surface area contributed by atoms with Crippen LogP contribution in [-0.4, -0.2) is 270 Å². The highest BCUT2D eigenvalue weighted by molar-refractivity contribution is 6.00. The van der Waals surface area contributed by atoms with E-state index in [-0.39, 0.29) is 82.1 Å². The van der Waals surface area contributed by atoms with E-state index >= 15 is 28.8 Å². The van der Waals surface area contributed by atoms with Gasteiger partial charge < -0.3 is 80.2 Å². The lowest BCUT2D eigenvalue weighted by atomic mass is 9.91. The molecule has 15 atom stereocenters. The van der Waals surface area contributed by atoms with Gasteiger partial charge >= 0.3 is 12.1 Å². The first kappa shape index (κ1) is 85.7. The van der Waals surface area contributed by atoms with Crippen molar-refractivity contribution in [3.8, 4) is 0 Å². The van der Waals surface area contributed by atoms with Gasteiger partial charge in [0.25, 0.3) is 0 Å². The first-order valence-corrected chi connectivity index (χ1v) is 34.1. The number of amides is 12. The van der Waals surface area contributed by atoms with Crippen molar-refractivity contribution in [2.24, 2.45) is 35.5 Å². The molecule has 0 radical (unpaired) electrons. The predicted molar refractivity (Wildman–Crippen MR) is 363 cm³/mol. The average Bonchev–Trinajstić information content (AvgIpc) is 0.808. The molecule has 0 spiro atoms. The molecular formula is C68H118N12O17. The molecule has 0 aliphatic carbocycles. The smallest absolute Gasteiger partial charge is 0.410 e. The summed E-state index contributed by atoms with van der Waals surface area (Å²) in [5, 5.41) is 25.9. The molecule has 6 N–H and O–H groups in total. The van der Waals surface area contributed by atoms with Crippen LogP contribution in [0.15, 0.2) is 12.2 Å². The number of aliphatic hydroxyl groups excluding tert-OH is 1. The van der Waals surface area contributed by atoms with E-state index in [2.05, 4.69) is 26.6 Å². The third-order valence-electron chi connectivity index (χ3n) is 17.8. The second-order valence-electron chi connectivity index (χ2n) is 28.3. The molecule has 0 aromatic carbocycles. The summed E-state index contributed by atoms with van der Waals surface area (Å²) in [7, 11) is 7.81. The molecule has 2 aliphatic rings. The Kier molecular flexibility index (Phi) is 34.6. The summed E-state index contributed by atoms with van der Waals surface area (Å²) in [6.45, 7) is 29.7. The Balaban J connectivity index is 3.15. The van der Waals surface area contributed by atoms with Gasteiger partial charge in [-0.2, -0.15) is 0 Å². The van der Waals surface area contributed by atoms with Crippen LogP contribution in [0, 0.1) is 35.5 Å². The van der Waals surface area contributed by atoms with Crippen LogP contribution in [0.4, 0.5) is 4.79 Å². The van der Waals surface area contributed by atoms with Gasteiger partial charge in [0.05, 0.1) is 19.3 Å². The number of carbonyl (C=O) groups excluding carboxylic acids is 13. The van der Waals surface area contributed by atoms with Gasteiger partial charge in [-0.1, -0.05) is 88.3 Å². The van der Waals surface area contributed by atoms with E-state index < -0.39 is 174 Å². The monoisotopic (exact) mass is 1370 g/mol. The Labute approximate surface area is 575 Å². The number of nitrogens with one attached hydrogen (secondary N) is 5. The molecule has 0 saturated carbocycles. The van der Waals surface area contributed by atoms with Gasteiger partial charge in [0.1, 0.15) is 78.7 Å². The second kappa shape index (κ2) is 39.2. The summed E-state index contributed by atoms with van der Waals surface area (Å²) in [5.74, 6) is -12.6. The van der Waals surface area contributed by atoms with E-state index in [1.54, 1.807) is 53.7 Å². The Morgan fingerprint density at radius 1 is 0.495 bits per heavy atom. The number of morpholine rings is 1. The predicted octanol–water partition coefficient (Wildman–Crippen LogP) is 2.06. The molecule has 1 unspecified atom stereocenters.